The second-order valence-corrected chi connectivity index (χ2v) is 9.43. The third-order valence-electron chi connectivity index (χ3n) is 5.56. The van der Waals surface area contributed by atoms with Crippen LogP contribution in [-0.4, -0.2) is 34.0 Å². The third kappa shape index (κ3) is 6.88. The summed E-state index contributed by atoms with van der Waals surface area (Å²) < 4.78 is 13.3. The predicted molar refractivity (Wildman–Crippen MR) is 145 cm³/mol. The fourth-order valence-electron chi connectivity index (χ4n) is 3.65. The summed E-state index contributed by atoms with van der Waals surface area (Å²) in [6.45, 7) is 0. The first kappa shape index (κ1) is 27.1. The van der Waals surface area contributed by atoms with Gasteiger partial charge in [-0.25, -0.2) is 14.0 Å². The minimum absolute atomic E-state index is 0.187. The first-order chi connectivity index (χ1) is 18.7. The van der Waals surface area contributed by atoms with E-state index in [1.54, 1.807) is 24.3 Å². The van der Waals surface area contributed by atoms with E-state index in [0.717, 1.165) is 23.8 Å². The molecule has 0 fully saturated rings. The van der Waals surface area contributed by atoms with Crippen LogP contribution in [0.1, 0.15) is 41.9 Å². The number of nitrogens with one attached hydrogen (secondary N) is 2. The molecule has 0 spiro atoms. The highest BCUT2D eigenvalue weighted by atomic mass is 32.2. The van der Waals surface area contributed by atoms with Gasteiger partial charge in [0.05, 0.1) is 16.7 Å². The number of aromatic carboxylic acids is 2. The Bertz CT molecular complexity index is 1530. The molecule has 8 nitrogen and oxygen atoms in total. The SMILES string of the molecule is O=C(O)c1ccc(C(=O)Nc2ccc(SC(C(=O)Nc3ccc(F)cc3)c3ccccc3)cc2)c(C(=O)O)c1. The zero-order valence-corrected chi connectivity index (χ0v) is 20.9. The van der Waals surface area contributed by atoms with Crippen molar-refractivity contribution in [3.05, 3.63) is 125 Å². The summed E-state index contributed by atoms with van der Waals surface area (Å²) in [6, 6.07) is 24.4. The second kappa shape index (κ2) is 12.1. The smallest absolute Gasteiger partial charge is 0.336 e. The fourth-order valence-corrected chi connectivity index (χ4v) is 4.67. The molecule has 0 heterocycles. The summed E-state index contributed by atoms with van der Waals surface area (Å²) in [7, 11) is 0. The Morgan fingerprint density at radius 3 is 1.92 bits per heavy atom. The molecular weight excluding hydrogens is 523 g/mol. The zero-order valence-electron chi connectivity index (χ0n) is 20.1. The van der Waals surface area contributed by atoms with Gasteiger partial charge in [-0.1, -0.05) is 30.3 Å². The largest absolute Gasteiger partial charge is 0.478 e. The van der Waals surface area contributed by atoms with Gasteiger partial charge in [0.15, 0.2) is 0 Å². The van der Waals surface area contributed by atoms with Crippen LogP contribution in [0.25, 0.3) is 0 Å². The van der Waals surface area contributed by atoms with Crippen LogP contribution in [0, 0.1) is 5.82 Å². The number of anilines is 2. The van der Waals surface area contributed by atoms with E-state index in [9.17, 15) is 28.7 Å². The number of hydrogen-bond acceptors (Lipinski definition) is 5. The van der Waals surface area contributed by atoms with Crippen molar-refractivity contribution in [1.82, 2.24) is 0 Å². The molecule has 4 aromatic carbocycles. The van der Waals surface area contributed by atoms with Crippen molar-refractivity contribution in [3.63, 3.8) is 0 Å². The summed E-state index contributed by atoms with van der Waals surface area (Å²) in [4.78, 5) is 49.4. The molecule has 2 amide bonds. The van der Waals surface area contributed by atoms with Crippen molar-refractivity contribution in [1.29, 1.82) is 0 Å². The van der Waals surface area contributed by atoms with Crippen LogP contribution in [-0.2, 0) is 4.79 Å². The van der Waals surface area contributed by atoms with Crippen LogP contribution in [0.2, 0.25) is 0 Å². The van der Waals surface area contributed by atoms with Crippen molar-refractivity contribution in [2.24, 2.45) is 0 Å². The van der Waals surface area contributed by atoms with Crippen molar-refractivity contribution >= 4 is 46.9 Å². The first-order valence-corrected chi connectivity index (χ1v) is 12.4. The second-order valence-electron chi connectivity index (χ2n) is 8.25. The predicted octanol–water partition coefficient (Wildman–Crippen LogP) is 5.95. The molecule has 10 heteroatoms. The molecule has 0 bridgehead atoms. The molecule has 0 aliphatic rings. The van der Waals surface area contributed by atoms with Gasteiger partial charge in [-0.3, -0.25) is 9.59 Å². The normalized spacial score (nSPS) is 11.3. The van der Waals surface area contributed by atoms with E-state index in [0.29, 0.717) is 16.3 Å². The van der Waals surface area contributed by atoms with Gasteiger partial charge in [0.1, 0.15) is 11.1 Å². The Morgan fingerprint density at radius 1 is 0.692 bits per heavy atom. The highest BCUT2D eigenvalue weighted by molar-refractivity contribution is 8.00. The highest BCUT2D eigenvalue weighted by Crippen LogP contribution is 2.36. The minimum atomic E-state index is -1.43. The fraction of sp³-hybridized carbons (Fsp3) is 0.0345. The topological polar surface area (TPSA) is 133 Å². The molecule has 1 atom stereocenters. The number of carboxylic acid groups (broad SMARTS) is 2. The molecule has 4 aromatic rings. The van der Waals surface area contributed by atoms with E-state index in [-0.39, 0.29) is 17.0 Å². The molecule has 0 aliphatic carbocycles. The maximum Gasteiger partial charge on any atom is 0.336 e. The van der Waals surface area contributed by atoms with Gasteiger partial charge in [-0.2, -0.15) is 0 Å². The van der Waals surface area contributed by atoms with Gasteiger partial charge >= 0.3 is 11.9 Å². The Balaban J connectivity index is 1.50. The average Bonchev–Trinajstić information content (AvgIpc) is 2.93. The van der Waals surface area contributed by atoms with E-state index in [1.165, 1.54) is 36.0 Å². The summed E-state index contributed by atoms with van der Waals surface area (Å²) in [6.07, 6.45) is 0. The van der Waals surface area contributed by atoms with Gasteiger partial charge in [0.25, 0.3) is 5.91 Å². The number of benzene rings is 4. The maximum absolute atomic E-state index is 13.3. The molecule has 196 valence electrons. The molecule has 0 radical (unpaired) electrons. The Kier molecular flexibility index (Phi) is 8.37. The number of amides is 2. The standard InChI is InChI=1S/C29H21FN2O6S/c30-19-7-9-20(10-8-19)32-27(34)25(17-4-2-1-3-5-17)39-22-13-11-21(12-14-22)31-26(33)23-15-6-18(28(35)36)16-24(23)29(37)38/h1-16,25H,(H,31,33)(H,32,34)(H,35,36)(H,37,38). The summed E-state index contributed by atoms with van der Waals surface area (Å²) >= 11 is 1.27. The van der Waals surface area contributed by atoms with Crippen molar-refractivity contribution in [2.45, 2.75) is 10.1 Å². The molecule has 0 aliphatic heterocycles. The number of halogens is 1. The van der Waals surface area contributed by atoms with Crippen LogP contribution in [0.4, 0.5) is 15.8 Å². The molecule has 0 saturated carbocycles. The lowest BCUT2D eigenvalue weighted by molar-refractivity contribution is -0.115. The number of hydrogen-bond donors (Lipinski definition) is 4. The number of carboxylic acids is 2. The maximum atomic E-state index is 13.3. The first-order valence-electron chi connectivity index (χ1n) is 11.5. The van der Waals surface area contributed by atoms with E-state index in [1.807, 2.05) is 30.3 Å². The lowest BCUT2D eigenvalue weighted by atomic mass is 10.0. The molecule has 39 heavy (non-hydrogen) atoms. The van der Waals surface area contributed by atoms with E-state index in [4.69, 9.17) is 5.11 Å². The zero-order chi connectivity index (χ0) is 27.9. The van der Waals surface area contributed by atoms with Crippen molar-refractivity contribution in [2.75, 3.05) is 10.6 Å². The molecular formula is C29H21FN2O6S. The number of carbonyl (C=O) groups is 4. The quantitative estimate of drug-likeness (QED) is 0.192. The minimum Gasteiger partial charge on any atom is -0.478 e. The summed E-state index contributed by atoms with van der Waals surface area (Å²) in [5.74, 6) is -4.17. The van der Waals surface area contributed by atoms with Crippen LogP contribution in [0.3, 0.4) is 0 Å². The lowest BCUT2D eigenvalue weighted by Crippen LogP contribution is -2.19. The van der Waals surface area contributed by atoms with E-state index >= 15 is 0 Å². The number of carbonyl (C=O) groups excluding carboxylic acids is 2. The molecule has 4 N–H and O–H groups in total. The van der Waals surface area contributed by atoms with Gasteiger partial charge in [0.2, 0.25) is 5.91 Å². The average molecular weight is 545 g/mol. The molecule has 4 rings (SSSR count). The van der Waals surface area contributed by atoms with Gasteiger partial charge < -0.3 is 20.8 Å². The third-order valence-corrected chi connectivity index (χ3v) is 6.83. The van der Waals surface area contributed by atoms with Crippen LogP contribution >= 0.6 is 11.8 Å². The number of thioether (sulfide) groups is 1. The lowest BCUT2D eigenvalue weighted by Gasteiger charge is -2.17. The monoisotopic (exact) mass is 544 g/mol. The van der Waals surface area contributed by atoms with Gasteiger partial charge in [0, 0.05) is 16.3 Å². The Labute approximate surface area is 226 Å². The van der Waals surface area contributed by atoms with E-state index in [2.05, 4.69) is 10.6 Å². The summed E-state index contributed by atoms with van der Waals surface area (Å²) in [5, 5.41) is 23.3. The van der Waals surface area contributed by atoms with Crippen molar-refractivity contribution < 1.29 is 33.8 Å². The van der Waals surface area contributed by atoms with E-state index < -0.39 is 34.5 Å². The van der Waals surface area contributed by atoms with Gasteiger partial charge in [-0.15, -0.1) is 11.8 Å². The molecule has 0 saturated heterocycles. The molecule has 0 aromatic heterocycles. The molecule has 1 unspecified atom stereocenters. The Hall–Kier alpha value is -4.96. The van der Waals surface area contributed by atoms with Gasteiger partial charge in [-0.05, 0) is 72.3 Å². The van der Waals surface area contributed by atoms with Crippen LogP contribution < -0.4 is 10.6 Å². The highest BCUT2D eigenvalue weighted by Gasteiger charge is 2.23. The van der Waals surface area contributed by atoms with Crippen LogP contribution in [0.15, 0.2) is 102 Å². The number of rotatable bonds is 9. The van der Waals surface area contributed by atoms with Crippen molar-refractivity contribution in [3.8, 4) is 0 Å². The Morgan fingerprint density at radius 2 is 1.31 bits per heavy atom. The van der Waals surface area contributed by atoms with Crippen LogP contribution in [0.5, 0.6) is 0 Å². The summed E-state index contributed by atoms with van der Waals surface area (Å²) in [5.41, 5.74) is 0.713.